The van der Waals surface area contributed by atoms with Gasteiger partial charge in [0.05, 0.1) is 0 Å². The number of pyridine rings is 1. The zero-order valence-electron chi connectivity index (χ0n) is 9.86. The van der Waals surface area contributed by atoms with Gasteiger partial charge in [-0.15, -0.1) is 0 Å². The average molecular weight is 269 g/mol. The summed E-state index contributed by atoms with van der Waals surface area (Å²) in [5.74, 6) is -1.42. The molecule has 1 aliphatic carbocycles. The first kappa shape index (κ1) is 12.8. The molecule has 5 nitrogen and oxygen atoms in total. The van der Waals surface area contributed by atoms with Gasteiger partial charge in [0.25, 0.3) is 5.91 Å². The smallest absolute Gasteiger partial charge is 0.329 e. The van der Waals surface area contributed by atoms with Crippen LogP contribution >= 0.6 is 11.6 Å². The van der Waals surface area contributed by atoms with E-state index in [4.69, 9.17) is 16.7 Å². The Balaban J connectivity index is 2.19. The van der Waals surface area contributed by atoms with Crippen LogP contribution < -0.4 is 5.32 Å². The molecule has 0 radical (unpaired) electrons. The molecule has 1 saturated carbocycles. The first-order valence-electron chi connectivity index (χ1n) is 5.69. The van der Waals surface area contributed by atoms with Gasteiger partial charge in [0, 0.05) is 11.3 Å². The molecule has 1 aliphatic rings. The van der Waals surface area contributed by atoms with Crippen molar-refractivity contribution in [3.8, 4) is 0 Å². The molecule has 0 saturated heterocycles. The minimum Gasteiger partial charge on any atom is -0.480 e. The zero-order valence-corrected chi connectivity index (χ0v) is 10.6. The second-order valence-electron chi connectivity index (χ2n) is 4.36. The van der Waals surface area contributed by atoms with Crippen molar-refractivity contribution in [1.29, 1.82) is 0 Å². The number of carboxylic acids is 1. The van der Waals surface area contributed by atoms with E-state index in [1.54, 1.807) is 6.07 Å². The Kier molecular flexibility index (Phi) is 3.26. The van der Waals surface area contributed by atoms with E-state index >= 15 is 0 Å². The Morgan fingerprint density at radius 1 is 1.50 bits per heavy atom. The molecule has 96 valence electrons. The monoisotopic (exact) mass is 268 g/mol. The van der Waals surface area contributed by atoms with Gasteiger partial charge in [-0.3, -0.25) is 4.79 Å². The highest BCUT2D eigenvalue weighted by Gasteiger charge is 2.51. The first-order valence-corrected chi connectivity index (χ1v) is 6.07. The van der Waals surface area contributed by atoms with Gasteiger partial charge >= 0.3 is 5.97 Å². The number of amides is 1. The highest BCUT2D eigenvalue weighted by molar-refractivity contribution is 6.29. The van der Waals surface area contributed by atoms with Crippen LogP contribution in [0.5, 0.6) is 0 Å². The maximum Gasteiger partial charge on any atom is 0.329 e. The van der Waals surface area contributed by atoms with E-state index in [1.807, 2.05) is 6.92 Å². The van der Waals surface area contributed by atoms with Crippen LogP contribution in [-0.2, 0) is 11.2 Å². The zero-order chi connectivity index (χ0) is 13.3. The van der Waals surface area contributed by atoms with Crippen molar-refractivity contribution in [1.82, 2.24) is 10.3 Å². The number of carboxylic acid groups (broad SMARTS) is 1. The van der Waals surface area contributed by atoms with Crippen molar-refractivity contribution in [2.75, 3.05) is 0 Å². The first-order chi connectivity index (χ1) is 8.47. The third kappa shape index (κ3) is 2.46. The summed E-state index contributed by atoms with van der Waals surface area (Å²) < 4.78 is 0. The Hall–Kier alpha value is -1.62. The highest BCUT2D eigenvalue weighted by atomic mass is 35.5. The molecular weight excluding hydrogens is 256 g/mol. The van der Waals surface area contributed by atoms with Crippen molar-refractivity contribution in [3.05, 3.63) is 28.5 Å². The lowest BCUT2D eigenvalue weighted by Crippen LogP contribution is -2.43. The van der Waals surface area contributed by atoms with E-state index < -0.39 is 17.4 Å². The molecule has 0 atom stereocenters. The molecule has 0 aromatic carbocycles. The molecule has 0 aliphatic heterocycles. The molecular formula is C12H13ClN2O3. The van der Waals surface area contributed by atoms with E-state index in [1.165, 1.54) is 6.07 Å². The number of rotatable bonds is 4. The largest absolute Gasteiger partial charge is 0.480 e. The Morgan fingerprint density at radius 3 is 2.67 bits per heavy atom. The van der Waals surface area contributed by atoms with Crippen LogP contribution in [0.2, 0.25) is 5.15 Å². The molecule has 1 fully saturated rings. The predicted octanol–water partition coefficient (Wildman–Crippen LogP) is 1.64. The quantitative estimate of drug-likeness (QED) is 0.814. The van der Waals surface area contributed by atoms with Gasteiger partial charge < -0.3 is 10.4 Å². The van der Waals surface area contributed by atoms with Crippen LogP contribution in [0, 0.1) is 0 Å². The van der Waals surface area contributed by atoms with Gasteiger partial charge in [0.2, 0.25) is 0 Å². The maximum atomic E-state index is 12.0. The number of carbonyl (C=O) groups is 2. The Bertz CT molecular complexity index is 512. The van der Waals surface area contributed by atoms with E-state index in [0.29, 0.717) is 30.5 Å². The summed E-state index contributed by atoms with van der Waals surface area (Å²) in [6.07, 6.45) is 1.59. The van der Waals surface area contributed by atoms with Gasteiger partial charge in [-0.2, -0.15) is 0 Å². The van der Waals surface area contributed by atoms with Crippen LogP contribution in [0.25, 0.3) is 0 Å². The Morgan fingerprint density at radius 2 is 2.17 bits per heavy atom. The summed E-state index contributed by atoms with van der Waals surface area (Å²) in [6.45, 7) is 1.90. The lowest BCUT2D eigenvalue weighted by atomic mass is 10.1. The average Bonchev–Trinajstić information content (AvgIpc) is 3.09. The molecule has 0 unspecified atom stereocenters. The summed E-state index contributed by atoms with van der Waals surface area (Å²) in [5.41, 5.74) is -0.0358. The number of carbonyl (C=O) groups excluding carboxylic acids is 1. The van der Waals surface area contributed by atoms with Gasteiger partial charge in [0.15, 0.2) is 0 Å². The number of hydrogen-bond acceptors (Lipinski definition) is 3. The highest BCUT2D eigenvalue weighted by Crippen LogP contribution is 2.35. The SMILES string of the molecule is CCc1cc(C(=O)NC2(C(=O)O)CC2)cc(Cl)n1. The molecule has 1 aromatic rings. The van der Waals surface area contributed by atoms with Crippen molar-refractivity contribution in [2.24, 2.45) is 0 Å². The summed E-state index contributed by atoms with van der Waals surface area (Å²) in [6, 6.07) is 3.06. The number of halogens is 1. The van der Waals surface area contributed by atoms with E-state index in [0.717, 1.165) is 0 Å². The number of nitrogens with one attached hydrogen (secondary N) is 1. The standard InChI is InChI=1S/C12H13ClN2O3/c1-2-8-5-7(6-9(13)14-8)10(16)15-12(3-4-12)11(17)18/h5-6H,2-4H2,1H3,(H,15,16)(H,17,18). The van der Waals surface area contributed by atoms with Crippen molar-refractivity contribution < 1.29 is 14.7 Å². The number of nitrogens with zero attached hydrogens (tertiary/aromatic N) is 1. The minimum absolute atomic E-state index is 0.236. The number of aryl methyl sites for hydroxylation is 1. The summed E-state index contributed by atoms with van der Waals surface area (Å²) in [4.78, 5) is 27.0. The van der Waals surface area contributed by atoms with Gasteiger partial charge in [-0.1, -0.05) is 18.5 Å². The van der Waals surface area contributed by atoms with Gasteiger partial charge in [-0.05, 0) is 31.4 Å². The second kappa shape index (κ2) is 4.57. The normalized spacial score (nSPS) is 16.1. The van der Waals surface area contributed by atoms with Crippen molar-refractivity contribution >= 4 is 23.5 Å². The summed E-state index contributed by atoms with van der Waals surface area (Å²) in [5, 5.41) is 11.8. The maximum absolute atomic E-state index is 12.0. The molecule has 1 aromatic heterocycles. The fourth-order valence-electron chi connectivity index (χ4n) is 1.67. The molecule has 1 amide bonds. The number of aliphatic carboxylic acids is 1. The summed E-state index contributed by atoms with van der Waals surface area (Å²) >= 11 is 5.81. The lowest BCUT2D eigenvalue weighted by Gasteiger charge is -2.12. The molecule has 0 bridgehead atoms. The number of hydrogen-bond donors (Lipinski definition) is 2. The van der Waals surface area contributed by atoms with Crippen LogP contribution in [0.4, 0.5) is 0 Å². The van der Waals surface area contributed by atoms with Crippen LogP contribution in [-0.4, -0.2) is 27.5 Å². The fraction of sp³-hybridized carbons (Fsp3) is 0.417. The van der Waals surface area contributed by atoms with Crippen molar-refractivity contribution in [2.45, 2.75) is 31.7 Å². The van der Waals surface area contributed by atoms with Gasteiger partial charge in [-0.25, -0.2) is 9.78 Å². The predicted molar refractivity (Wildman–Crippen MR) is 65.7 cm³/mol. The third-order valence-corrected chi connectivity index (χ3v) is 3.18. The van der Waals surface area contributed by atoms with Crippen LogP contribution in [0.3, 0.4) is 0 Å². The van der Waals surface area contributed by atoms with Crippen molar-refractivity contribution in [3.63, 3.8) is 0 Å². The van der Waals surface area contributed by atoms with E-state index in [-0.39, 0.29) is 5.15 Å². The van der Waals surface area contributed by atoms with E-state index in [2.05, 4.69) is 10.3 Å². The molecule has 1 heterocycles. The molecule has 18 heavy (non-hydrogen) atoms. The molecule has 2 rings (SSSR count). The molecule has 2 N–H and O–H groups in total. The lowest BCUT2D eigenvalue weighted by molar-refractivity contribution is -0.140. The molecule has 6 heteroatoms. The number of aromatic nitrogens is 1. The fourth-order valence-corrected chi connectivity index (χ4v) is 1.90. The van der Waals surface area contributed by atoms with Crippen LogP contribution in [0.1, 0.15) is 35.8 Å². The van der Waals surface area contributed by atoms with E-state index in [9.17, 15) is 9.59 Å². The van der Waals surface area contributed by atoms with Crippen LogP contribution in [0.15, 0.2) is 12.1 Å². The minimum atomic E-state index is -1.08. The Labute approximate surface area is 109 Å². The molecule has 0 spiro atoms. The summed E-state index contributed by atoms with van der Waals surface area (Å²) in [7, 11) is 0. The topological polar surface area (TPSA) is 79.3 Å². The van der Waals surface area contributed by atoms with Gasteiger partial charge in [0.1, 0.15) is 10.7 Å². The second-order valence-corrected chi connectivity index (χ2v) is 4.75. The third-order valence-electron chi connectivity index (χ3n) is 2.98.